The first-order valence-electron chi connectivity index (χ1n) is 6.28. The summed E-state index contributed by atoms with van der Waals surface area (Å²) >= 11 is 1.14. The van der Waals surface area contributed by atoms with Crippen molar-refractivity contribution in [3.05, 3.63) is 54.2 Å². The molecule has 2 N–H and O–H groups in total. The van der Waals surface area contributed by atoms with Gasteiger partial charge in [-0.1, -0.05) is 42.1 Å². The summed E-state index contributed by atoms with van der Waals surface area (Å²) in [4.78, 5) is 26.4. The summed E-state index contributed by atoms with van der Waals surface area (Å²) in [5.41, 5.74) is 1.53. The van der Waals surface area contributed by atoms with Gasteiger partial charge in [-0.3, -0.25) is 9.59 Å². The van der Waals surface area contributed by atoms with Gasteiger partial charge in [-0.25, -0.2) is 4.98 Å². The molecule has 1 heterocycles. The molecule has 0 saturated heterocycles. The Hall–Kier alpha value is -2.34. The monoisotopic (exact) mass is 302 g/mol. The number of carbonyl (C=O) groups is 2. The average molecular weight is 302 g/mol. The van der Waals surface area contributed by atoms with E-state index in [-0.39, 0.29) is 11.7 Å². The molecule has 6 heteroatoms. The molecule has 21 heavy (non-hydrogen) atoms. The van der Waals surface area contributed by atoms with Gasteiger partial charge in [0, 0.05) is 0 Å². The SMILES string of the molecule is O=C(O)CSc1ccc(NC(=O)Cc2ccccc2)cn1. The number of carbonyl (C=O) groups excluding carboxylic acids is 1. The van der Waals surface area contributed by atoms with Crippen LogP contribution >= 0.6 is 11.8 Å². The highest BCUT2D eigenvalue weighted by Crippen LogP contribution is 2.17. The van der Waals surface area contributed by atoms with Crippen LogP contribution in [0.5, 0.6) is 0 Å². The van der Waals surface area contributed by atoms with Crippen molar-refractivity contribution in [1.82, 2.24) is 4.98 Å². The van der Waals surface area contributed by atoms with Crippen molar-refractivity contribution < 1.29 is 14.7 Å². The molecule has 1 amide bonds. The van der Waals surface area contributed by atoms with Crippen molar-refractivity contribution in [2.24, 2.45) is 0 Å². The number of aliphatic carboxylic acids is 1. The highest BCUT2D eigenvalue weighted by atomic mass is 32.2. The fraction of sp³-hybridized carbons (Fsp3) is 0.133. The quantitative estimate of drug-likeness (QED) is 0.801. The second-order valence-corrected chi connectivity index (χ2v) is 5.27. The Balaban J connectivity index is 1.88. The Kier molecular flexibility index (Phi) is 5.34. The van der Waals surface area contributed by atoms with Crippen LogP contribution in [-0.4, -0.2) is 27.7 Å². The number of hydrogen-bond donors (Lipinski definition) is 2. The van der Waals surface area contributed by atoms with E-state index >= 15 is 0 Å². The minimum absolute atomic E-state index is 0.0350. The van der Waals surface area contributed by atoms with E-state index in [2.05, 4.69) is 10.3 Å². The fourth-order valence-corrected chi connectivity index (χ4v) is 2.22. The number of nitrogens with one attached hydrogen (secondary N) is 1. The summed E-state index contributed by atoms with van der Waals surface area (Å²) in [7, 11) is 0. The molecule has 0 spiro atoms. The highest BCUT2D eigenvalue weighted by molar-refractivity contribution is 7.99. The van der Waals surface area contributed by atoms with E-state index in [4.69, 9.17) is 5.11 Å². The normalized spacial score (nSPS) is 10.1. The molecule has 0 fully saturated rings. The van der Waals surface area contributed by atoms with Crippen LogP contribution in [0.15, 0.2) is 53.7 Å². The summed E-state index contributed by atoms with van der Waals surface area (Å²) < 4.78 is 0. The number of nitrogens with zero attached hydrogens (tertiary/aromatic N) is 1. The number of benzene rings is 1. The second kappa shape index (κ2) is 7.44. The van der Waals surface area contributed by atoms with Crippen molar-refractivity contribution in [1.29, 1.82) is 0 Å². The van der Waals surface area contributed by atoms with E-state index in [0.717, 1.165) is 17.3 Å². The van der Waals surface area contributed by atoms with Gasteiger partial charge in [0.15, 0.2) is 0 Å². The predicted octanol–water partition coefficient (Wildman–Crippen LogP) is 2.44. The lowest BCUT2D eigenvalue weighted by molar-refractivity contribution is -0.133. The van der Waals surface area contributed by atoms with Gasteiger partial charge in [0.1, 0.15) is 0 Å². The number of carboxylic acid groups (broad SMARTS) is 1. The van der Waals surface area contributed by atoms with Crippen LogP contribution < -0.4 is 5.32 Å². The van der Waals surface area contributed by atoms with Crippen molar-refractivity contribution >= 4 is 29.3 Å². The Morgan fingerprint density at radius 2 is 1.90 bits per heavy atom. The van der Waals surface area contributed by atoms with E-state index in [9.17, 15) is 9.59 Å². The molecule has 2 rings (SSSR count). The predicted molar refractivity (Wildman–Crippen MR) is 81.4 cm³/mol. The van der Waals surface area contributed by atoms with Gasteiger partial charge in [-0.05, 0) is 17.7 Å². The summed E-state index contributed by atoms with van der Waals surface area (Å²) in [6.45, 7) is 0. The minimum atomic E-state index is -0.887. The third-order valence-corrected chi connectivity index (χ3v) is 3.50. The Morgan fingerprint density at radius 3 is 2.52 bits per heavy atom. The van der Waals surface area contributed by atoms with E-state index in [1.54, 1.807) is 12.1 Å². The van der Waals surface area contributed by atoms with Crippen LogP contribution in [0.4, 0.5) is 5.69 Å². The van der Waals surface area contributed by atoms with Crippen LogP contribution in [0.2, 0.25) is 0 Å². The Morgan fingerprint density at radius 1 is 1.14 bits per heavy atom. The molecule has 0 aliphatic carbocycles. The van der Waals surface area contributed by atoms with Crippen LogP contribution in [0.1, 0.15) is 5.56 Å². The maximum atomic E-state index is 11.9. The Labute approximate surface area is 126 Å². The topological polar surface area (TPSA) is 79.3 Å². The number of thioether (sulfide) groups is 1. The third kappa shape index (κ3) is 5.27. The van der Waals surface area contributed by atoms with E-state index < -0.39 is 5.97 Å². The van der Waals surface area contributed by atoms with Crippen molar-refractivity contribution in [3.8, 4) is 0 Å². The number of pyridine rings is 1. The maximum absolute atomic E-state index is 11.9. The zero-order chi connectivity index (χ0) is 15.1. The number of amides is 1. The highest BCUT2D eigenvalue weighted by Gasteiger charge is 2.05. The van der Waals surface area contributed by atoms with Crippen molar-refractivity contribution in [2.75, 3.05) is 11.1 Å². The summed E-state index contributed by atoms with van der Waals surface area (Å²) in [5, 5.41) is 11.9. The summed E-state index contributed by atoms with van der Waals surface area (Å²) in [6.07, 6.45) is 1.82. The van der Waals surface area contributed by atoms with Gasteiger partial charge >= 0.3 is 5.97 Å². The molecule has 0 aliphatic rings. The van der Waals surface area contributed by atoms with Crippen molar-refractivity contribution in [3.63, 3.8) is 0 Å². The molecule has 0 bridgehead atoms. The molecule has 2 aromatic rings. The lowest BCUT2D eigenvalue weighted by atomic mass is 10.1. The largest absolute Gasteiger partial charge is 0.481 e. The first kappa shape index (κ1) is 15.1. The second-order valence-electron chi connectivity index (χ2n) is 4.28. The standard InChI is InChI=1S/C15H14N2O3S/c18-13(8-11-4-2-1-3-5-11)17-12-6-7-14(16-9-12)21-10-15(19)20/h1-7,9H,8,10H2,(H,17,18)(H,19,20). The van der Waals surface area contributed by atoms with Gasteiger partial charge < -0.3 is 10.4 Å². The van der Waals surface area contributed by atoms with Gasteiger partial charge in [0.25, 0.3) is 0 Å². The zero-order valence-corrected chi connectivity index (χ0v) is 12.0. The van der Waals surface area contributed by atoms with E-state index in [0.29, 0.717) is 17.1 Å². The van der Waals surface area contributed by atoms with Crippen LogP contribution in [0.25, 0.3) is 0 Å². The number of rotatable bonds is 6. The van der Waals surface area contributed by atoms with Crippen LogP contribution in [0, 0.1) is 0 Å². The average Bonchev–Trinajstić information content (AvgIpc) is 2.47. The van der Waals surface area contributed by atoms with Crippen LogP contribution in [0.3, 0.4) is 0 Å². The number of hydrogen-bond acceptors (Lipinski definition) is 4. The first-order chi connectivity index (χ1) is 10.1. The van der Waals surface area contributed by atoms with E-state index in [1.165, 1.54) is 6.20 Å². The molecule has 1 aromatic heterocycles. The van der Waals surface area contributed by atoms with E-state index in [1.807, 2.05) is 30.3 Å². The molecule has 1 aromatic carbocycles. The molecule has 0 radical (unpaired) electrons. The number of aromatic nitrogens is 1. The summed E-state index contributed by atoms with van der Waals surface area (Å²) in [6, 6.07) is 12.9. The number of anilines is 1. The van der Waals surface area contributed by atoms with Gasteiger partial charge in [-0.15, -0.1) is 0 Å². The minimum Gasteiger partial charge on any atom is -0.481 e. The Bertz CT molecular complexity index is 615. The van der Waals surface area contributed by atoms with Crippen molar-refractivity contribution in [2.45, 2.75) is 11.4 Å². The fourth-order valence-electron chi connectivity index (χ4n) is 1.66. The van der Waals surface area contributed by atoms with Gasteiger partial charge in [-0.2, -0.15) is 0 Å². The summed E-state index contributed by atoms with van der Waals surface area (Å²) in [5.74, 6) is -1.04. The van der Waals surface area contributed by atoms with Crippen LogP contribution in [-0.2, 0) is 16.0 Å². The molecule has 5 nitrogen and oxygen atoms in total. The maximum Gasteiger partial charge on any atom is 0.313 e. The zero-order valence-electron chi connectivity index (χ0n) is 11.2. The molecular formula is C15H14N2O3S. The smallest absolute Gasteiger partial charge is 0.313 e. The molecular weight excluding hydrogens is 288 g/mol. The molecule has 108 valence electrons. The molecule has 0 atom stereocenters. The van der Waals surface area contributed by atoms with Gasteiger partial charge in [0.2, 0.25) is 5.91 Å². The third-order valence-electron chi connectivity index (χ3n) is 2.57. The lowest BCUT2D eigenvalue weighted by Crippen LogP contribution is -2.14. The molecule has 0 saturated carbocycles. The molecule has 0 unspecified atom stereocenters. The first-order valence-corrected chi connectivity index (χ1v) is 7.26. The molecule has 0 aliphatic heterocycles. The number of carboxylic acids is 1. The van der Waals surface area contributed by atoms with Gasteiger partial charge in [0.05, 0.1) is 29.1 Å². The lowest BCUT2D eigenvalue weighted by Gasteiger charge is -2.05.